The second-order valence-corrected chi connectivity index (χ2v) is 6.36. The molecule has 0 radical (unpaired) electrons. The summed E-state index contributed by atoms with van der Waals surface area (Å²) in [5, 5.41) is 14.2. The summed E-state index contributed by atoms with van der Waals surface area (Å²) in [6.45, 7) is 0.191. The molecule has 2 heterocycles. The van der Waals surface area contributed by atoms with E-state index >= 15 is 0 Å². The number of benzene rings is 2. The molecule has 24 heavy (non-hydrogen) atoms. The van der Waals surface area contributed by atoms with Crippen LogP contribution in [0.4, 0.5) is 4.39 Å². The van der Waals surface area contributed by atoms with Crippen molar-refractivity contribution in [1.29, 1.82) is 0 Å². The van der Waals surface area contributed by atoms with E-state index in [9.17, 15) is 4.39 Å². The van der Waals surface area contributed by atoms with Crippen LogP contribution in [0, 0.1) is 5.82 Å². The van der Waals surface area contributed by atoms with E-state index in [0.717, 1.165) is 10.6 Å². The summed E-state index contributed by atoms with van der Waals surface area (Å²) in [6.07, 6.45) is 0. The van der Waals surface area contributed by atoms with Crippen LogP contribution in [-0.4, -0.2) is 19.8 Å². The highest BCUT2D eigenvalue weighted by molar-refractivity contribution is 7.19. The van der Waals surface area contributed by atoms with Crippen molar-refractivity contribution in [2.75, 3.05) is 0 Å². The first-order valence-corrected chi connectivity index (χ1v) is 8.24. The van der Waals surface area contributed by atoms with Crippen molar-refractivity contribution >= 4 is 27.9 Å². The van der Waals surface area contributed by atoms with Gasteiger partial charge in [-0.2, -0.15) is 9.61 Å². The predicted molar refractivity (Wildman–Crippen MR) is 89.8 cm³/mol. The summed E-state index contributed by atoms with van der Waals surface area (Å²) >= 11 is 7.34. The van der Waals surface area contributed by atoms with Gasteiger partial charge < -0.3 is 4.74 Å². The van der Waals surface area contributed by atoms with Crippen molar-refractivity contribution in [2.24, 2.45) is 0 Å². The van der Waals surface area contributed by atoms with E-state index in [4.69, 9.17) is 16.3 Å². The second kappa shape index (κ2) is 6.18. The average molecular weight is 361 g/mol. The number of ether oxygens (including phenoxy) is 1. The Morgan fingerprint density at radius 3 is 2.54 bits per heavy atom. The maximum absolute atomic E-state index is 12.9. The third-order valence-corrected chi connectivity index (χ3v) is 4.53. The summed E-state index contributed by atoms with van der Waals surface area (Å²) in [5.74, 6) is 0.825. The van der Waals surface area contributed by atoms with Crippen LogP contribution in [0.3, 0.4) is 0 Å². The molecule has 4 rings (SSSR count). The van der Waals surface area contributed by atoms with Gasteiger partial charge in [-0.1, -0.05) is 35.1 Å². The first-order valence-electron chi connectivity index (χ1n) is 7.04. The number of hydrogen-bond donors (Lipinski definition) is 0. The molecule has 0 fully saturated rings. The van der Waals surface area contributed by atoms with Crippen LogP contribution < -0.4 is 4.74 Å². The highest BCUT2D eigenvalue weighted by atomic mass is 35.5. The molecule has 0 spiro atoms. The molecular weight excluding hydrogens is 351 g/mol. The van der Waals surface area contributed by atoms with Crippen LogP contribution in [0.2, 0.25) is 5.02 Å². The molecule has 0 bridgehead atoms. The molecule has 0 N–H and O–H groups in total. The molecular formula is C16H10ClFN4OS. The first kappa shape index (κ1) is 15.0. The average Bonchev–Trinajstić information content (AvgIpc) is 3.16. The second-order valence-electron chi connectivity index (χ2n) is 4.97. The molecule has 0 unspecified atom stereocenters. The molecule has 4 aromatic rings. The first-order chi connectivity index (χ1) is 11.7. The van der Waals surface area contributed by atoms with Gasteiger partial charge in [0.2, 0.25) is 4.96 Å². The Bertz CT molecular complexity index is 982. The van der Waals surface area contributed by atoms with Crippen LogP contribution >= 0.6 is 22.9 Å². The van der Waals surface area contributed by atoms with Gasteiger partial charge >= 0.3 is 0 Å². The van der Waals surface area contributed by atoms with Gasteiger partial charge in [0.05, 0.1) is 0 Å². The minimum Gasteiger partial charge on any atom is -0.486 e. The molecule has 8 heteroatoms. The molecule has 120 valence electrons. The quantitative estimate of drug-likeness (QED) is 0.546. The third kappa shape index (κ3) is 2.95. The maximum Gasteiger partial charge on any atom is 0.235 e. The molecule has 0 aliphatic carbocycles. The largest absolute Gasteiger partial charge is 0.486 e. The van der Waals surface area contributed by atoms with Gasteiger partial charge in [-0.25, -0.2) is 4.39 Å². The van der Waals surface area contributed by atoms with Gasteiger partial charge in [-0.05, 0) is 36.4 Å². The van der Waals surface area contributed by atoms with Gasteiger partial charge in [-0.3, -0.25) is 0 Å². The Hall–Kier alpha value is -2.51. The van der Waals surface area contributed by atoms with E-state index in [0.29, 0.717) is 21.6 Å². The van der Waals surface area contributed by atoms with Crippen LogP contribution in [0.1, 0.15) is 5.82 Å². The van der Waals surface area contributed by atoms with Gasteiger partial charge in [0.1, 0.15) is 23.2 Å². The van der Waals surface area contributed by atoms with E-state index in [1.165, 1.54) is 23.5 Å². The lowest BCUT2D eigenvalue weighted by Gasteiger charge is -2.03. The monoisotopic (exact) mass is 360 g/mol. The lowest BCUT2D eigenvalue weighted by Crippen LogP contribution is -2.02. The van der Waals surface area contributed by atoms with Gasteiger partial charge in [0.15, 0.2) is 5.82 Å². The fourth-order valence-corrected chi connectivity index (χ4v) is 3.12. The number of nitrogens with zero attached hydrogens (tertiary/aromatic N) is 4. The van der Waals surface area contributed by atoms with Crippen LogP contribution in [0.5, 0.6) is 5.75 Å². The van der Waals surface area contributed by atoms with Crippen LogP contribution in [-0.2, 0) is 6.61 Å². The zero-order chi connectivity index (χ0) is 16.5. The lowest BCUT2D eigenvalue weighted by molar-refractivity contribution is 0.292. The van der Waals surface area contributed by atoms with Crippen LogP contribution in [0.25, 0.3) is 15.5 Å². The Morgan fingerprint density at radius 1 is 1.04 bits per heavy atom. The number of hydrogen-bond acceptors (Lipinski definition) is 5. The Labute approximate surface area is 145 Å². The van der Waals surface area contributed by atoms with E-state index in [1.807, 2.05) is 24.3 Å². The van der Waals surface area contributed by atoms with E-state index in [2.05, 4.69) is 15.3 Å². The lowest BCUT2D eigenvalue weighted by atomic mass is 10.2. The summed E-state index contributed by atoms with van der Waals surface area (Å²) in [6, 6.07) is 13.3. The summed E-state index contributed by atoms with van der Waals surface area (Å²) in [4.78, 5) is 0.678. The molecule has 2 aromatic carbocycles. The van der Waals surface area contributed by atoms with Crippen LogP contribution in [0.15, 0.2) is 48.5 Å². The number of aromatic nitrogens is 4. The normalized spacial score (nSPS) is 11.1. The maximum atomic E-state index is 12.9. The number of fused-ring (bicyclic) bond motifs is 1. The van der Waals surface area contributed by atoms with Crippen molar-refractivity contribution in [3.8, 4) is 16.3 Å². The van der Waals surface area contributed by atoms with Gasteiger partial charge in [0, 0.05) is 10.6 Å². The van der Waals surface area contributed by atoms with E-state index < -0.39 is 0 Å². The van der Waals surface area contributed by atoms with E-state index in [1.54, 1.807) is 16.6 Å². The Kier molecular flexibility index (Phi) is 3.87. The molecule has 5 nitrogen and oxygen atoms in total. The van der Waals surface area contributed by atoms with Gasteiger partial charge in [-0.15, -0.1) is 10.2 Å². The minimum atomic E-state index is -0.306. The molecule has 0 aliphatic rings. The molecule has 0 amide bonds. The summed E-state index contributed by atoms with van der Waals surface area (Å²) in [5.41, 5.74) is 0.959. The van der Waals surface area contributed by atoms with Crippen molar-refractivity contribution in [2.45, 2.75) is 6.61 Å². The number of rotatable bonds is 4. The fourth-order valence-electron chi connectivity index (χ4n) is 2.14. The van der Waals surface area contributed by atoms with Crippen molar-refractivity contribution < 1.29 is 9.13 Å². The molecule has 0 saturated heterocycles. The van der Waals surface area contributed by atoms with Crippen molar-refractivity contribution in [3.63, 3.8) is 0 Å². The summed E-state index contributed by atoms with van der Waals surface area (Å²) < 4.78 is 20.2. The zero-order valence-corrected chi connectivity index (χ0v) is 13.8. The molecule has 0 aliphatic heterocycles. The zero-order valence-electron chi connectivity index (χ0n) is 12.2. The highest BCUT2D eigenvalue weighted by Crippen LogP contribution is 2.26. The molecule has 0 atom stereocenters. The fraction of sp³-hybridized carbons (Fsp3) is 0.0625. The predicted octanol–water partition coefficient (Wildman–Crippen LogP) is 4.22. The molecule has 2 aromatic heterocycles. The Balaban J connectivity index is 1.58. The van der Waals surface area contributed by atoms with Crippen molar-refractivity contribution in [3.05, 3.63) is 65.2 Å². The smallest absolute Gasteiger partial charge is 0.235 e. The minimum absolute atomic E-state index is 0.191. The van der Waals surface area contributed by atoms with Gasteiger partial charge in [0.25, 0.3) is 0 Å². The summed E-state index contributed by atoms with van der Waals surface area (Å²) in [7, 11) is 0. The van der Waals surface area contributed by atoms with Crippen molar-refractivity contribution in [1.82, 2.24) is 19.8 Å². The molecule has 0 saturated carbocycles. The third-order valence-electron chi connectivity index (χ3n) is 3.33. The Morgan fingerprint density at radius 2 is 1.79 bits per heavy atom. The SMILES string of the molecule is Fc1ccc(OCc2nnc3sc(-c4ccc(Cl)cc4)nn23)cc1. The standard InChI is InChI=1S/C16H10ClFN4OS/c17-11-3-1-10(2-4-11)15-21-22-14(19-20-16(22)24-15)9-23-13-7-5-12(18)6-8-13/h1-8H,9H2. The number of halogens is 2. The van der Waals surface area contributed by atoms with E-state index in [-0.39, 0.29) is 12.4 Å². The highest BCUT2D eigenvalue weighted by Gasteiger charge is 2.13. The topological polar surface area (TPSA) is 52.3 Å².